The Kier molecular flexibility index (Phi) is 7.53. The van der Waals surface area contributed by atoms with E-state index in [9.17, 15) is 8.42 Å². The van der Waals surface area contributed by atoms with Gasteiger partial charge in [0, 0.05) is 6.54 Å². The summed E-state index contributed by atoms with van der Waals surface area (Å²) in [7, 11) is -3.41. The Balaban J connectivity index is 2.59. The maximum Gasteiger partial charge on any atom is 0.241 e. The minimum absolute atomic E-state index is 0.432. The first-order chi connectivity index (χ1) is 10.3. The zero-order valence-corrected chi connectivity index (χ0v) is 15.4. The molecule has 1 aromatic carbocycles. The van der Waals surface area contributed by atoms with Crippen LogP contribution < -0.4 is 4.72 Å². The third-order valence-corrected chi connectivity index (χ3v) is 5.73. The summed E-state index contributed by atoms with van der Waals surface area (Å²) in [6, 6.07) is 3.84. The molecule has 1 aromatic rings. The van der Waals surface area contributed by atoms with Crippen LogP contribution in [-0.2, 0) is 10.0 Å². The molecule has 0 amide bonds. The zero-order chi connectivity index (χ0) is 16.8. The summed E-state index contributed by atoms with van der Waals surface area (Å²) in [5.41, 5.74) is 2.72. The highest BCUT2D eigenvalue weighted by Gasteiger charge is 2.19. The van der Waals surface area contributed by atoms with Crippen LogP contribution >= 0.6 is 0 Å². The molecule has 0 aromatic heterocycles. The molecular weight excluding hydrogens is 296 g/mol. The SMILES string of the molecule is CCN(CC)CCCCNS(=O)(=O)c1c(C)cc(C)cc1C. The van der Waals surface area contributed by atoms with E-state index in [2.05, 4.69) is 23.5 Å². The largest absolute Gasteiger partial charge is 0.304 e. The Bertz CT molecular complexity index is 555. The molecule has 1 N–H and O–H groups in total. The molecule has 0 saturated carbocycles. The highest BCUT2D eigenvalue weighted by Crippen LogP contribution is 2.21. The molecule has 5 heteroatoms. The van der Waals surface area contributed by atoms with Crippen molar-refractivity contribution in [3.05, 3.63) is 28.8 Å². The summed E-state index contributed by atoms with van der Waals surface area (Å²) in [4.78, 5) is 2.78. The minimum atomic E-state index is -3.41. The molecule has 22 heavy (non-hydrogen) atoms. The van der Waals surface area contributed by atoms with Crippen LogP contribution in [-0.4, -0.2) is 39.5 Å². The molecule has 0 radical (unpaired) electrons. The van der Waals surface area contributed by atoms with Crippen LogP contribution in [0.1, 0.15) is 43.4 Å². The van der Waals surface area contributed by atoms with Crippen LogP contribution in [0.3, 0.4) is 0 Å². The molecule has 0 aliphatic carbocycles. The normalized spacial score (nSPS) is 12.1. The Morgan fingerprint density at radius 2 is 1.55 bits per heavy atom. The number of aryl methyl sites for hydroxylation is 3. The van der Waals surface area contributed by atoms with Crippen molar-refractivity contribution < 1.29 is 8.42 Å². The van der Waals surface area contributed by atoms with Crippen molar-refractivity contribution >= 4 is 10.0 Å². The third kappa shape index (κ3) is 5.38. The molecule has 0 aliphatic heterocycles. The van der Waals surface area contributed by atoms with Crippen LogP contribution in [0.4, 0.5) is 0 Å². The second-order valence-corrected chi connectivity index (χ2v) is 7.56. The predicted molar refractivity (Wildman–Crippen MR) is 92.9 cm³/mol. The number of nitrogens with one attached hydrogen (secondary N) is 1. The Morgan fingerprint density at radius 3 is 2.05 bits per heavy atom. The van der Waals surface area contributed by atoms with Crippen molar-refractivity contribution in [2.45, 2.75) is 52.4 Å². The topological polar surface area (TPSA) is 49.4 Å². The quantitative estimate of drug-likeness (QED) is 0.710. The highest BCUT2D eigenvalue weighted by molar-refractivity contribution is 7.89. The Labute approximate surface area is 136 Å². The number of nitrogens with zero attached hydrogens (tertiary/aromatic N) is 1. The van der Waals surface area contributed by atoms with E-state index in [1.54, 1.807) is 0 Å². The van der Waals surface area contributed by atoms with Gasteiger partial charge in [0.25, 0.3) is 0 Å². The van der Waals surface area contributed by atoms with Gasteiger partial charge in [0.2, 0.25) is 10.0 Å². The van der Waals surface area contributed by atoms with Gasteiger partial charge < -0.3 is 4.90 Å². The number of sulfonamides is 1. The van der Waals surface area contributed by atoms with Gasteiger partial charge in [-0.15, -0.1) is 0 Å². The second kappa shape index (κ2) is 8.65. The van der Waals surface area contributed by atoms with E-state index in [0.717, 1.165) is 49.2 Å². The van der Waals surface area contributed by atoms with Crippen molar-refractivity contribution in [3.8, 4) is 0 Å². The van der Waals surface area contributed by atoms with Gasteiger partial charge in [0.1, 0.15) is 0 Å². The number of rotatable bonds is 9. The van der Waals surface area contributed by atoms with E-state index < -0.39 is 10.0 Å². The first kappa shape index (κ1) is 19.1. The van der Waals surface area contributed by atoms with Crippen LogP contribution in [0, 0.1) is 20.8 Å². The molecule has 0 saturated heterocycles. The molecule has 0 spiro atoms. The summed E-state index contributed by atoms with van der Waals surface area (Å²) in [6.07, 6.45) is 1.87. The van der Waals surface area contributed by atoms with Crippen LogP contribution in [0.25, 0.3) is 0 Å². The number of hydrogen-bond donors (Lipinski definition) is 1. The van der Waals surface area contributed by atoms with Crippen molar-refractivity contribution in [1.29, 1.82) is 0 Å². The fraction of sp³-hybridized carbons (Fsp3) is 0.647. The fourth-order valence-electron chi connectivity index (χ4n) is 2.87. The lowest BCUT2D eigenvalue weighted by Crippen LogP contribution is -2.28. The van der Waals surface area contributed by atoms with Gasteiger partial charge in [-0.3, -0.25) is 0 Å². The first-order valence-corrected chi connectivity index (χ1v) is 9.60. The lowest BCUT2D eigenvalue weighted by Gasteiger charge is -2.17. The standard InChI is InChI=1S/C17H30N2O2S/c1-6-19(7-2)11-9-8-10-18-22(20,21)17-15(4)12-14(3)13-16(17)5/h12-13,18H,6-11H2,1-5H3. The van der Waals surface area contributed by atoms with Gasteiger partial charge >= 0.3 is 0 Å². The number of unbranched alkanes of at least 4 members (excludes halogenated alkanes) is 1. The lowest BCUT2D eigenvalue weighted by atomic mass is 10.1. The monoisotopic (exact) mass is 326 g/mol. The summed E-state index contributed by atoms with van der Waals surface area (Å²) >= 11 is 0. The molecular formula is C17H30N2O2S. The molecule has 0 atom stereocenters. The van der Waals surface area contributed by atoms with E-state index in [4.69, 9.17) is 0 Å². The van der Waals surface area contributed by atoms with Crippen molar-refractivity contribution in [2.75, 3.05) is 26.2 Å². The van der Waals surface area contributed by atoms with Gasteiger partial charge in [-0.25, -0.2) is 13.1 Å². The summed E-state index contributed by atoms with van der Waals surface area (Å²) < 4.78 is 27.7. The Morgan fingerprint density at radius 1 is 1.00 bits per heavy atom. The minimum Gasteiger partial charge on any atom is -0.304 e. The zero-order valence-electron chi connectivity index (χ0n) is 14.6. The number of benzene rings is 1. The van der Waals surface area contributed by atoms with E-state index in [0.29, 0.717) is 11.4 Å². The molecule has 0 aliphatic rings. The maximum absolute atomic E-state index is 12.5. The van der Waals surface area contributed by atoms with Crippen LogP contribution in [0.2, 0.25) is 0 Å². The smallest absolute Gasteiger partial charge is 0.241 e. The van der Waals surface area contributed by atoms with Gasteiger partial charge in [0.15, 0.2) is 0 Å². The molecule has 0 bridgehead atoms. The van der Waals surface area contributed by atoms with Crippen LogP contribution in [0.5, 0.6) is 0 Å². The molecule has 1 rings (SSSR count). The molecule has 0 unspecified atom stereocenters. The van der Waals surface area contributed by atoms with E-state index in [1.807, 2.05) is 32.9 Å². The van der Waals surface area contributed by atoms with Gasteiger partial charge in [-0.1, -0.05) is 31.5 Å². The van der Waals surface area contributed by atoms with Crippen molar-refractivity contribution in [3.63, 3.8) is 0 Å². The maximum atomic E-state index is 12.5. The van der Waals surface area contributed by atoms with Crippen LogP contribution in [0.15, 0.2) is 17.0 Å². The fourth-order valence-corrected chi connectivity index (χ4v) is 4.39. The second-order valence-electron chi connectivity index (χ2n) is 5.86. The summed E-state index contributed by atoms with van der Waals surface area (Å²) in [5.74, 6) is 0. The highest BCUT2D eigenvalue weighted by atomic mass is 32.2. The summed E-state index contributed by atoms with van der Waals surface area (Å²) in [6.45, 7) is 13.6. The van der Waals surface area contributed by atoms with Gasteiger partial charge in [0.05, 0.1) is 4.90 Å². The Hall–Kier alpha value is -0.910. The summed E-state index contributed by atoms with van der Waals surface area (Å²) in [5, 5.41) is 0. The van der Waals surface area contributed by atoms with E-state index in [-0.39, 0.29) is 0 Å². The van der Waals surface area contributed by atoms with Gasteiger partial charge in [-0.05, 0) is 64.4 Å². The number of hydrogen-bond acceptors (Lipinski definition) is 3. The van der Waals surface area contributed by atoms with Gasteiger partial charge in [-0.2, -0.15) is 0 Å². The molecule has 0 fully saturated rings. The lowest BCUT2D eigenvalue weighted by molar-refractivity contribution is 0.297. The van der Waals surface area contributed by atoms with Crippen molar-refractivity contribution in [1.82, 2.24) is 9.62 Å². The first-order valence-electron chi connectivity index (χ1n) is 8.11. The molecule has 126 valence electrons. The van der Waals surface area contributed by atoms with E-state index >= 15 is 0 Å². The molecule has 4 nitrogen and oxygen atoms in total. The van der Waals surface area contributed by atoms with E-state index in [1.165, 1.54) is 0 Å². The predicted octanol–water partition coefficient (Wildman–Crippen LogP) is 3.01. The van der Waals surface area contributed by atoms with Crippen molar-refractivity contribution in [2.24, 2.45) is 0 Å². The average Bonchev–Trinajstić information content (AvgIpc) is 2.41. The molecule has 0 heterocycles. The average molecular weight is 327 g/mol. The third-order valence-electron chi connectivity index (χ3n) is 3.96.